The number of likely N-dealkylation sites (tertiary alicyclic amines) is 1. The Labute approximate surface area is 113 Å². The molecule has 0 radical (unpaired) electrons. The fourth-order valence-electron chi connectivity index (χ4n) is 1.90. The van der Waals surface area contributed by atoms with Crippen LogP contribution in [-0.2, 0) is 4.79 Å². The molecule has 0 spiro atoms. The Morgan fingerprint density at radius 2 is 1.89 bits per heavy atom. The van der Waals surface area contributed by atoms with E-state index in [9.17, 15) is 14.7 Å². The minimum absolute atomic E-state index is 0.319. The van der Waals surface area contributed by atoms with Crippen molar-refractivity contribution >= 4 is 12.0 Å². The first-order chi connectivity index (χ1) is 8.92. The predicted octanol–water partition coefficient (Wildman–Crippen LogP) is -0.393. The molecule has 0 aliphatic carbocycles. The van der Waals surface area contributed by atoms with Gasteiger partial charge in [-0.1, -0.05) is 0 Å². The molecule has 1 fully saturated rings. The zero-order valence-corrected chi connectivity index (χ0v) is 11.3. The molecule has 0 aromatic rings. The number of hydrogen-bond donors (Lipinski definition) is 4. The van der Waals surface area contributed by atoms with Gasteiger partial charge in [-0.25, -0.2) is 9.59 Å². The Morgan fingerprint density at radius 3 is 2.47 bits per heavy atom. The lowest BCUT2D eigenvalue weighted by atomic mass is 10.1. The van der Waals surface area contributed by atoms with Gasteiger partial charge in [0, 0.05) is 6.54 Å². The smallest absolute Gasteiger partial charge is 0.337 e. The summed E-state index contributed by atoms with van der Waals surface area (Å²) in [6.07, 6.45) is 3.36. The van der Waals surface area contributed by atoms with E-state index in [1.807, 2.05) is 0 Å². The fraction of sp³-hybridized carbons (Fsp3) is 0.833. The van der Waals surface area contributed by atoms with E-state index in [0.717, 1.165) is 33.0 Å². The van der Waals surface area contributed by atoms with Crippen molar-refractivity contribution in [1.29, 1.82) is 0 Å². The number of urea groups is 1. The van der Waals surface area contributed by atoms with E-state index in [1.54, 1.807) is 0 Å². The summed E-state index contributed by atoms with van der Waals surface area (Å²) in [5, 5.41) is 23.0. The molecule has 1 heterocycles. The Balaban J connectivity index is 2.06. The molecule has 1 atom stereocenters. The highest BCUT2D eigenvalue weighted by molar-refractivity contribution is 5.79. The standard InChI is InChI=1S/C12H23N3O4/c1-12(19,10(16)17)9-14-11(18)13-5-4-8-15-6-2-3-7-15/h19H,2-9H2,1H3,(H,16,17)(H2,13,14,18). The Morgan fingerprint density at radius 1 is 1.26 bits per heavy atom. The maximum Gasteiger partial charge on any atom is 0.337 e. The number of carbonyl (C=O) groups is 2. The second-order valence-electron chi connectivity index (χ2n) is 5.09. The Kier molecular flexibility index (Phi) is 6.04. The minimum Gasteiger partial charge on any atom is -0.479 e. The molecule has 0 saturated carbocycles. The number of nitrogens with zero attached hydrogens (tertiary/aromatic N) is 1. The number of rotatable bonds is 7. The van der Waals surface area contributed by atoms with Crippen LogP contribution in [0.5, 0.6) is 0 Å². The van der Waals surface area contributed by atoms with Crippen LogP contribution in [0.2, 0.25) is 0 Å². The summed E-state index contributed by atoms with van der Waals surface area (Å²) in [6.45, 7) is 4.59. The quantitative estimate of drug-likeness (QED) is 0.473. The number of carbonyl (C=O) groups excluding carboxylic acids is 1. The molecule has 1 unspecified atom stereocenters. The van der Waals surface area contributed by atoms with Gasteiger partial charge in [-0.15, -0.1) is 0 Å². The molecule has 110 valence electrons. The highest BCUT2D eigenvalue weighted by Gasteiger charge is 2.30. The van der Waals surface area contributed by atoms with Crippen LogP contribution >= 0.6 is 0 Å². The van der Waals surface area contributed by atoms with Crippen molar-refractivity contribution in [2.24, 2.45) is 0 Å². The van der Waals surface area contributed by atoms with Crippen molar-refractivity contribution in [2.45, 2.75) is 31.8 Å². The lowest BCUT2D eigenvalue weighted by Crippen LogP contribution is -2.49. The number of aliphatic hydroxyl groups is 1. The summed E-state index contributed by atoms with van der Waals surface area (Å²) >= 11 is 0. The molecule has 7 heteroatoms. The van der Waals surface area contributed by atoms with Crippen LogP contribution < -0.4 is 10.6 Å². The first-order valence-corrected chi connectivity index (χ1v) is 6.61. The van der Waals surface area contributed by atoms with E-state index in [1.165, 1.54) is 12.8 Å². The number of nitrogens with one attached hydrogen (secondary N) is 2. The highest BCUT2D eigenvalue weighted by atomic mass is 16.4. The fourth-order valence-corrected chi connectivity index (χ4v) is 1.90. The topological polar surface area (TPSA) is 102 Å². The van der Waals surface area contributed by atoms with Gasteiger partial charge in [-0.3, -0.25) is 0 Å². The molecular formula is C12H23N3O4. The molecule has 1 aliphatic rings. The number of amides is 2. The van der Waals surface area contributed by atoms with Gasteiger partial charge in [0.1, 0.15) is 0 Å². The van der Waals surface area contributed by atoms with Gasteiger partial charge < -0.3 is 25.7 Å². The normalized spacial score (nSPS) is 18.8. The van der Waals surface area contributed by atoms with Crippen molar-refractivity contribution < 1.29 is 19.8 Å². The SMILES string of the molecule is CC(O)(CNC(=O)NCCCN1CCCC1)C(=O)O. The number of carboxylic acids is 1. The van der Waals surface area contributed by atoms with Crippen molar-refractivity contribution in [3.05, 3.63) is 0 Å². The molecule has 1 aliphatic heterocycles. The van der Waals surface area contributed by atoms with Crippen LogP contribution in [0.15, 0.2) is 0 Å². The van der Waals surface area contributed by atoms with E-state index < -0.39 is 17.6 Å². The molecule has 2 amide bonds. The van der Waals surface area contributed by atoms with Crippen LogP contribution in [-0.4, -0.2) is 65.4 Å². The van der Waals surface area contributed by atoms with Gasteiger partial charge >= 0.3 is 12.0 Å². The zero-order chi connectivity index (χ0) is 14.3. The van der Waals surface area contributed by atoms with Gasteiger partial charge in [0.2, 0.25) is 0 Å². The summed E-state index contributed by atoms with van der Waals surface area (Å²) in [5.41, 5.74) is -1.94. The van der Waals surface area contributed by atoms with E-state index in [-0.39, 0.29) is 6.54 Å². The molecule has 1 rings (SSSR count). The van der Waals surface area contributed by atoms with Crippen molar-refractivity contribution in [3.63, 3.8) is 0 Å². The van der Waals surface area contributed by atoms with Crippen LogP contribution in [0.25, 0.3) is 0 Å². The molecule has 0 aromatic heterocycles. The molecule has 19 heavy (non-hydrogen) atoms. The van der Waals surface area contributed by atoms with Gasteiger partial charge in [-0.05, 0) is 45.8 Å². The minimum atomic E-state index is -1.94. The second-order valence-corrected chi connectivity index (χ2v) is 5.09. The van der Waals surface area contributed by atoms with E-state index in [4.69, 9.17) is 5.11 Å². The maximum atomic E-state index is 11.4. The second kappa shape index (κ2) is 7.30. The monoisotopic (exact) mass is 273 g/mol. The lowest BCUT2D eigenvalue weighted by molar-refractivity contribution is -0.155. The predicted molar refractivity (Wildman–Crippen MR) is 70.0 cm³/mol. The number of hydrogen-bond acceptors (Lipinski definition) is 4. The number of carboxylic acid groups (broad SMARTS) is 1. The van der Waals surface area contributed by atoms with E-state index in [0.29, 0.717) is 6.54 Å². The molecule has 4 N–H and O–H groups in total. The summed E-state index contributed by atoms with van der Waals surface area (Å²) in [5.74, 6) is -1.36. The van der Waals surface area contributed by atoms with Crippen molar-refractivity contribution in [1.82, 2.24) is 15.5 Å². The van der Waals surface area contributed by atoms with Crippen LogP contribution in [0, 0.1) is 0 Å². The van der Waals surface area contributed by atoms with Crippen LogP contribution in [0.1, 0.15) is 26.2 Å². The zero-order valence-electron chi connectivity index (χ0n) is 11.3. The first-order valence-electron chi connectivity index (χ1n) is 6.61. The van der Waals surface area contributed by atoms with Crippen molar-refractivity contribution in [2.75, 3.05) is 32.7 Å². The van der Waals surface area contributed by atoms with Crippen LogP contribution in [0.4, 0.5) is 4.79 Å². The van der Waals surface area contributed by atoms with Gasteiger partial charge in [0.15, 0.2) is 5.60 Å². The van der Waals surface area contributed by atoms with Gasteiger partial charge in [0.25, 0.3) is 0 Å². The van der Waals surface area contributed by atoms with Crippen molar-refractivity contribution in [3.8, 4) is 0 Å². The Hall–Kier alpha value is -1.34. The third-order valence-corrected chi connectivity index (χ3v) is 3.19. The molecule has 0 aromatic carbocycles. The molecule has 0 bridgehead atoms. The summed E-state index contributed by atoms with van der Waals surface area (Å²) < 4.78 is 0. The van der Waals surface area contributed by atoms with E-state index >= 15 is 0 Å². The summed E-state index contributed by atoms with van der Waals surface area (Å²) in [7, 11) is 0. The average Bonchev–Trinajstić information content (AvgIpc) is 2.85. The third-order valence-electron chi connectivity index (χ3n) is 3.19. The van der Waals surface area contributed by atoms with Crippen LogP contribution in [0.3, 0.4) is 0 Å². The maximum absolute atomic E-state index is 11.4. The molecule has 1 saturated heterocycles. The summed E-state index contributed by atoms with van der Waals surface area (Å²) in [6, 6.07) is -0.456. The van der Waals surface area contributed by atoms with Gasteiger partial charge in [-0.2, -0.15) is 0 Å². The highest BCUT2D eigenvalue weighted by Crippen LogP contribution is 2.06. The average molecular weight is 273 g/mol. The third kappa shape index (κ3) is 5.89. The summed E-state index contributed by atoms with van der Waals surface area (Å²) in [4.78, 5) is 24.3. The van der Waals surface area contributed by atoms with E-state index in [2.05, 4.69) is 15.5 Å². The first kappa shape index (κ1) is 15.7. The Bertz CT molecular complexity index is 314. The lowest BCUT2D eigenvalue weighted by Gasteiger charge is -2.18. The largest absolute Gasteiger partial charge is 0.479 e. The molecule has 7 nitrogen and oxygen atoms in total. The van der Waals surface area contributed by atoms with Gasteiger partial charge in [0.05, 0.1) is 6.54 Å². The number of aliphatic carboxylic acids is 1. The molecular weight excluding hydrogens is 250 g/mol.